The summed E-state index contributed by atoms with van der Waals surface area (Å²) in [4.78, 5) is 23.4. The van der Waals surface area contributed by atoms with E-state index in [0.29, 0.717) is 5.56 Å². The molecule has 0 saturated heterocycles. The molecule has 0 amide bonds. The van der Waals surface area contributed by atoms with Crippen LogP contribution in [0.5, 0.6) is 0 Å². The van der Waals surface area contributed by atoms with Crippen molar-refractivity contribution < 1.29 is 14.3 Å². The predicted octanol–water partition coefficient (Wildman–Crippen LogP) is 3.11. The molecule has 3 nitrogen and oxygen atoms in total. The fraction of sp³-hybridized carbons (Fsp3) is 0. The molecule has 0 N–H and O–H groups in total. The Morgan fingerprint density at radius 3 is 2.47 bits per heavy atom. The van der Waals surface area contributed by atoms with Gasteiger partial charge in [-0.1, -0.05) is 43.0 Å². The van der Waals surface area contributed by atoms with E-state index >= 15 is 0 Å². The molecule has 0 saturated carbocycles. The van der Waals surface area contributed by atoms with Gasteiger partial charge in [0.2, 0.25) is 0 Å². The second kappa shape index (κ2) is 4.21. The number of hydrogen-bond acceptors (Lipinski definition) is 3. The van der Waals surface area contributed by atoms with Crippen molar-refractivity contribution >= 4 is 28.3 Å². The zero-order valence-electron chi connectivity index (χ0n) is 10.1. The minimum atomic E-state index is -0.574. The van der Waals surface area contributed by atoms with Crippen LogP contribution >= 0.6 is 0 Å². The van der Waals surface area contributed by atoms with Crippen molar-refractivity contribution in [1.82, 2.24) is 0 Å². The van der Waals surface area contributed by atoms with Crippen molar-refractivity contribution in [2.45, 2.75) is 0 Å². The topological polar surface area (TPSA) is 43.4 Å². The SMILES string of the molecule is C=CC(=O)OC1=CC(=O)c2cccc3cccc1c23. The number of rotatable bonds is 2. The number of ether oxygens (including phenoxy) is 1. The highest BCUT2D eigenvalue weighted by Gasteiger charge is 2.22. The normalized spacial score (nSPS) is 13.1. The average molecular weight is 250 g/mol. The Morgan fingerprint density at radius 1 is 1.11 bits per heavy atom. The number of hydrogen-bond donors (Lipinski definition) is 0. The number of carbonyl (C=O) groups is 2. The maximum Gasteiger partial charge on any atom is 0.335 e. The maximum absolute atomic E-state index is 12.1. The first-order valence-electron chi connectivity index (χ1n) is 5.83. The van der Waals surface area contributed by atoms with Crippen LogP contribution in [0.3, 0.4) is 0 Å². The van der Waals surface area contributed by atoms with Gasteiger partial charge in [0.1, 0.15) is 5.76 Å². The largest absolute Gasteiger partial charge is 0.423 e. The Kier molecular flexibility index (Phi) is 2.53. The predicted molar refractivity (Wildman–Crippen MR) is 72.5 cm³/mol. The molecule has 2 aromatic carbocycles. The Balaban J connectivity index is 2.25. The van der Waals surface area contributed by atoms with Crippen LogP contribution in [0.25, 0.3) is 16.5 Å². The lowest BCUT2D eigenvalue weighted by Gasteiger charge is -2.16. The Labute approximate surface area is 109 Å². The van der Waals surface area contributed by atoms with E-state index in [9.17, 15) is 9.59 Å². The summed E-state index contributed by atoms with van der Waals surface area (Å²) in [5.41, 5.74) is 1.38. The van der Waals surface area contributed by atoms with Gasteiger partial charge in [-0.3, -0.25) is 4.79 Å². The highest BCUT2D eigenvalue weighted by atomic mass is 16.5. The molecule has 0 heterocycles. The molecule has 0 aliphatic heterocycles. The van der Waals surface area contributed by atoms with E-state index in [-0.39, 0.29) is 11.5 Å². The van der Waals surface area contributed by atoms with E-state index < -0.39 is 5.97 Å². The van der Waals surface area contributed by atoms with Gasteiger partial charge in [-0.05, 0) is 5.39 Å². The number of esters is 1. The lowest BCUT2D eigenvalue weighted by molar-refractivity contribution is -0.131. The summed E-state index contributed by atoms with van der Waals surface area (Å²) in [6.07, 6.45) is 2.42. The van der Waals surface area contributed by atoms with Gasteiger partial charge in [-0.2, -0.15) is 0 Å². The van der Waals surface area contributed by atoms with Crippen LogP contribution in [0.2, 0.25) is 0 Å². The van der Waals surface area contributed by atoms with Crippen LogP contribution in [0.1, 0.15) is 15.9 Å². The first kappa shape index (κ1) is 11.4. The Bertz CT molecular complexity index is 748. The van der Waals surface area contributed by atoms with Crippen molar-refractivity contribution in [3.05, 3.63) is 66.3 Å². The molecule has 1 aliphatic carbocycles. The highest BCUT2D eigenvalue weighted by molar-refractivity contribution is 6.21. The van der Waals surface area contributed by atoms with E-state index in [1.54, 1.807) is 6.07 Å². The summed E-state index contributed by atoms with van der Waals surface area (Å²) in [6, 6.07) is 11.2. The molecule has 0 unspecified atom stereocenters. The van der Waals surface area contributed by atoms with E-state index in [0.717, 1.165) is 22.4 Å². The second-order valence-electron chi connectivity index (χ2n) is 4.21. The maximum atomic E-state index is 12.1. The molecule has 3 heteroatoms. The highest BCUT2D eigenvalue weighted by Crippen LogP contribution is 2.33. The molecule has 3 rings (SSSR count). The monoisotopic (exact) mass is 250 g/mol. The van der Waals surface area contributed by atoms with Gasteiger partial charge in [-0.15, -0.1) is 0 Å². The molecular formula is C16H10O3. The number of allylic oxidation sites excluding steroid dienone is 1. The van der Waals surface area contributed by atoms with Crippen molar-refractivity contribution in [2.75, 3.05) is 0 Å². The first-order chi connectivity index (χ1) is 9.20. The summed E-state index contributed by atoms with van der Waals surface area (Å²) < 4.78 is 5.14. The lowest BCUT2D eigenvalue weighted by Crippen LogP contribution is -2.09. The third-order valence-electron chi connectivity index (χ3n) is 3.08. The molecule has 0 bridgehead atoms. The molecule has 1 aliphatic rings. The quantitative estimate of drug-likeness (QED) is 0.607. The van der Waals surface area contributed by atoms with Crippen molar-refractivity contribution in [1.29, 1.82) is 0 Å². The van der Waals surface area contributed by atoms with Gasteiger partial charge < -0.3 is 4.74 Å². The summed E-state index contributed by atoms with van der Waals surface area (Å²) in [5, 5.41) is 1.77. The summed E-state index contributed by atoms with van der Waals surface area (Å²) in [5.74, 6) is -0.453. The summed E-state index contributed by atoms with van der Waals surface area (Å²) in [6.45, 7) is 3.35. The van der Waals surface area contributed by atoms with Crippen molar-refractivity contribution in [3.63, 3.8) is 0 Å². The first-order valence-corrected chi connectivity index (χ1v) is 5.83. The third kappa shape index (κ3) is 1.76. The number of ketones is 1. The molecule has 0 aromatic heterocycles. The fourth-order valence-electron chi connectivity index (χ4n) is 2.26. The zero-order chi connectivity index (χ0) is 13.4. The molecule has 0 fully saturated rings. The lowest BCUT2D eigenvalue weighted by atomic mass is 9.91. The van der Waals surface area contributed by atoms with Gasteiger partial charge >= 0.3 is 5.97 Å². The van der Waals surface area contributed by atoms with Crippen LogP contribution in [-0.4, -0.2) is 11.8 Å². The molecule has 0 spiro atoms. The molecule has 19 heavy (non-hydrogen) atoms. The standard InChI is InChI=1S/C16H10O3/c1-2-15(18)19-14-9-13(17)11-7-3-5-10-6-4-8-12(14)16(10)11/h2-9H,1H2. The van der Waals surface area contributed by atoms with Crippen molar-refractivity contribution in [3.8, 4) is 0 Å². The fourth-order valence-corrected chi connectivity index (χ4v) is 2.26. The smallest absolute Gasteiger partial charge is 0.335 e. The average Bonchev–Trinajstić information content (AvgIpc) is 2.44. The van der Waals surface area contributed by atoms with E-state index in [4.69, 9.17) is 4.74 Å². The Hall–Kier alpha value is -2.68. The van der Waals surface area contributed by atoms with Crippen molar-refractivity contribution in [2.24, 2.45) is 0 Å². The number of benzene rings is 2. The van der Waals surface area contributed by atoms with E-state index in [1.807, 2.05) is 30.3 Å². The minimum absolute atomic E-state index is 0.156. The van der Waals surface area contributed by atoms with Gasteiger partial charge in [0.05, 0.1) is 0 Å². The van der Waals surface area contributed by atoms with Crippen LogP contribution in [0, 0.1) is 0 Å². The van der Waals surface area contributed by atoms with Crippen LogP contribution < -0.4 is 0 Å². The van der Waals surface area contributed by atoms with Gasteiger partial charge in [0.15, 0.2) is 5.78 Å². The van der Waals surface area contributed by atoms with E-state index in [2.05, 4.69) is 6.58 Å². The summed E-state index contributed by atoms with van der Waals surface area (Å²) >= 11 is 0. The molecule has 2 aromatic rings. The second-order valence-corrected chi connectivity index (χ2v) is 4.21. The Morgan fingerprint density at radius 2 is 1.79 bits per heavy atom. The van der Waals surface area contributed by atoms with E-state index in [1.165, 1.54) is 6.08 Å². The van der Waals surface area contributed by atoms with Gasteiger partial charge in [0.25, 0.3) is 0 Å². The van der Waals surface area contributed by atoms with Gasteiger partial charge in [0, 0.05) is 28.7 Å². The zero-order valence-corrected chi connectivity index (χ0v) is 10.1. The molecule has 0 atom stereocenters. The third-order valence-corrected chi connectivity index (χ3v) is 3.08. The summed E-state index contributed by atoms with van der Waals surface area (Å²) in [7, 11) is 0. The van der Waals surface area contributed by atoms with Crippen LogP contribution in [-0.2, 0) is 9.53 Å². The minimum Gasteiger partial charge on any atom is -0.423 e. The molecule has 0 radical (unpaired) electrons. The van der Waals surface area contributed by atoms with Crippen LogP contribution in [0.4, 0.5) is 0 Å². The molecular weight excluding hydrogens is 240 g/mol. The van der Waals surface area contributed by atoms with Crippen LogP contribution in [0.15, 0.2) is 55.1 Å². The number of carbonyl (C=O) groups excluding carboxylic acids is 2. The molecule has 92 valence electrons. The van der Waals surface area contributed by atoms with Gasteiger partial charge in [-0.25, -0.2) is 4.79 Å².